The lowest BCUT2D eigenvalue weighted by Crippen LogP contribution is -2.40. The quantitative estimate of drug-likeness (QED) is 0.599. The van der Waals surface area contributed by atoms with Crippen molar-refractivity contribution in [2.45, 2.75) is 51.6 Å². The third-order valence-corrected chi connectivity index (χ3v) is 7.61. The molecule has 1 aromatic heterocycles. The van der Waals surface area contributed by atoms with Crippen LogP contribution in [0.1, 0.15) is 49.7 Å². The number of halogens is 1. The first kappa shape index (κ1) is 27.2. The Labute approximate surface area is 219 Å². The standard InChI is InChI=1S/C29H40FN5O2/c30-27-5-3-24(4-6-27)21-35-17-10-23(11-18-35)20-33-29(37)26-2-1-16-34(19-12-28(36)32-15-9-26)22-25-7-13-31-14-8-25/h3-8,13-14,23,26H,1-2,9-12,15-22H2,(H,32,36)(H,33,37). The maximum atomic E-state index is 13.1. The molecule has 8 heteroatoms. The van der Waals surface area contributed by atoms with Gasteiger partial charge in [0.25, 0.3) is 0 Å². The summed E-state index contributed by atoms with van der Waals surface area (Å²) in [5, 5.41) is 6.22. The Balaban J connectivity index is 1.21. The molecule has 4 rings (SSSR count). The Morgan fingerprint density at radius 3 is 2.32 bits per heavy atom. The molecule has 1 unspecified atom stereocenters. The van der Waals surface area contributed by atoms with Crippen LogP contribution < -0.4 is 10.6 Å². The minimum absolute atomic E-state index is 0.0492. The molecule has 2 aromatic rings. The van der Waals surface area contributed by atoms with Crippen molar-refractivity contribution in [2.24, 2.45) is 11.8 Å². The minimum atomic E-state index is -0.200. The number of likely N-dealkylation sites (tertiary alicyclic amines) is 1. The summed E-state index contributed by atoms with van der Waals surface area (Å²) in [6, 6.07) is 10.8. The van der Waals surface area contributed by atoms with Gasteiger partial charge in [0.05, 0.1) is 0 Å². The molecule has 3 heterocycles. The molecule has 0 spiro atoms. The zero-order valence-corrected chi connectivity index (χ0v) is 21.7. The molecule has 2 saturated heterocycles. The second kappa shape index (κ2) is 14.2. The second-order valence-electron chi connectivity index (χ2n) is 10.5. The molecule has 2 fully saturated rings. The molecule has 1 atom stereocenters. The van der Waals surface area contributed by atoms with E-state index in [9.17, 15) is 14.0 Å². The third kappa shape index (κ3) is 9.20. The average molecular weight is 510 g/mol. The van der Waals surface area contributed by atoms with E-state index in [1.807, 2.05) is 24.3 Å². The molecule has 2 aliphatic heterocycles. The van der Waals surface area contributed by atoms with Gasteiger partial charge in [-0.25, -0.2) is 4.39 Å². The van der Waals surface area contributed by atoms with Crippen molar-refractivity contribution < 1.29 is 14.0 Å². The van der Waals surface area contributed by atoms with Gasteiger partial charge in [0.2, 0.25) is 11.8 Å². The van der Waals surface area contributed by atoms with Crippen molar-refractivity contribution in [3.63, 3.8) is 0 Å². The zero-order valence-electron chi connectivity index (χ0n) is 21.7. The highest BCUT2D eigenvalue weighted by molar-refractivity contribution is 5.79. The Morgan fingerprint density at radius 2 is 1.59 bits per heavy atom. The maximum Gasteiger partial charge on any atom is 0.223 e. The van der Waals surface area contributed by atoms with Gasteiger partial charge in [-0.3, -0.25) is 24.4 Å². The van der Waals surface area contributed by atoms with Crippen LogP contribution in [-0.2, 0) is 22.7 Å². The van der Waals surface area contributed by atoms with Crippen molar-refractivity contribution in [3.8, 4) is 0 Å². The number of hydrogen-bond acceptors (Lipinski definition) is 5. The van der Waals surface area contributed by atoms with Crippen LogP contribution in [-0.4, -0.2) is 65.9 Å². The minimum Gasteiger partial charge on any atom is -0.356 e. The number of amides is 2. The summed E-state index contributed by atoms with van der Waals surface area (Å²) in [6.45, 7) is 6.43. The number of carbonyl (C=O) groups is 2. The molecule has 0 aliphatic carbocycles. The first-order chi connectivity index (χ1) is 18.0. The lowest BCUT2D eigenvalue weighted by atomic mass is 9.94. The summed E-state index contributed by atoms with van der Waals surface area (Å²) >= 11 is 0. The van der Waals surface area contributed by atoms with Crippen LogP contribution in [0.4, 0.5) is 4.39 Å². The van der Waals surface area contributed by atoms with Gasteiger partial charge in [-0.2, -0.15) is 0 Å². The highest BCUT2D eigenvalue weighted by Crippen LogP contribution is 2.20. The predicted molar refractivity (Wildman–Crippen MR) is 142 cm³/mol. The summed E-state index contributed by atoms with van der Waals surface area (Å²) in [5.74, 6) is 0.358. The van der Waals surface area contributed by atoms with Crippen molar-refractivity contribution in [1.29, 1.82) is 0 Å². The number of benzene rings is 1. The summed E-state index contributed by atoms with van der Waals surface area (Å²) in [4.78, 5) is 34.2. The lowest BCUT2D eigenvalue weighted by molar-refractivity contribution is -0.126. The molecule has 1 aromatic carbocycles. The molecule has 2 aliphatic rings. The van der Waals surface area contributed by atoms with E-state index in [1.165, 1.54) is 17.7 Å². The van der Waals surface area contributed by atoms with E-state index >= 15 is 0 Å². The van der Waals surface area contributed by atoms with Gasteiger partial charge in [0.15, 0.2) is 0 Å². The molecular weight excluding hydrogens is 469 g/mol. The second-order valence-corrected chi connectivity index (χ2v) is 10.5. The SMILES string of the molecule is O=C1CCN(Cc2ccncc2)CCCC(C(=O)NCC2CCN(Cc3ccc(F)cc3)CC2)CCN1. The van der Waals surface area contributed by atoms with E-state index in [0.717, 1.165) is 64.0 Å². The highest BCUT2D eigenvalue weighted by atomic mass is 19.1. The van der Waals surface area contributed by atoms with Gasteiger partial charge >= 0.3 is 0 Å². The predicted octanol–water partition coefficient (Wildman–Crippen LogP) is 3.36. The summed E-state index contributed by atoms with van der Waals surface area (Å²) in [6.07, 6.45) is 8.59. The largest absolute Gasteiger partial charge is 0.356 e. The molecule has 2 amide bonds. The molecule has 7 nitrogen and oxygen atoms in total. The van der Waals surface area contributed by atoms with Crippen LogP contribution in [0.25, 0.3) is 0 Å². The smallest absolute Gasteiger partial charge is 0.223 e. The first-order valence-electron chi connectivity index (χ1n) is 13.7. The van der Waals surface area contributed by atoms with Gasteiger partial charge in [0, 0.05) is 57.5 Å². The van der Waals surface area contributed by atoms with Crippen LogP contribution in [0.15, 0.2) is 48.8 Å². The molecule has 37 heavy (non-hydrogen) atoms. The van der Waals surface area contributed by atoms with E-state index in [2.05, 4.69) is 25.4 Å². The van der Waals surface area contributed by atoms with E-state index in [-0.39, 0.29) is 23.5 Å². The number of nitrogens with zero attached hydrogens (tertiary/aromatic N) is 3. The van der Waals surface area contributed by atoms with Crippen LogP contribution in [0.2, 0.25) is 0 Å². The maximum absolute atomic E-state index is 13.1. The molecule has 200 valence electrons. The van der Waals surface area contributed by atoms with E-state index < -0.39 is 0 Å². The number of hydrogen-bond donors (Lipinski definition) is 2. The van der Waals surface area contributed by atoms with Gasteiger partial charge in [-0.05, 0) is 93.0 Å². The van der Waals surface area contributed by atoms with Crippen LogP contribution in [0.5, 0.6) is 0 Å². The molecule has 0 saturated carbocycles. The summed E-state index contributed by atoms with van der Waals surface area (Å²) in [7, 11) is 0. The van der Waals surface area contributed by atoms with Crippen LogP contribution in [0.3, 0.4) is 0 Å². The van der Waals surface area contributed by atoms with E-state index in [0.29, 0.717) is 38.4 Å². The normalized spacial score (nSPS) is 21.1. The number of piperidine rings is 1. The van der Waals surface area contributed by atoms with E-state index in [1.54, 1.807) is 12.4 Å². The Bertz CT molecular complexity index is 980. The fourth-order valence-corrected chi connectivity index (χ4v) is 5.30. The average Bonchev–Trinajstić information content (AvgIpc) is 2.95. The molecule has 0 bridgehead atoms. The topological polar surface area (TPSA) is 77.6 Å². The Kier molecular flexibility index (Phi) is 10.4. The molecular formula is C29H40FN5O2. The molecule has 2 N–H and O–H groups in total. The number of rotatable bonds is 7. The Hall–Kier alpha value is -2.84. The van der Waals surface area contributed by atoms with Crippen LogP contribution in [0, 0.1) is 17.7 Å². The zero-order chi connectivity index (χ0) is 25.9. The van der Waals surface area contributed by atoms with Crippen molar-refractivity contribution in [3.05, 3.63) is 65.7 Å². The Morgan fingerprint density at radius 1 is 0.919 bits per heavy atom. The number of aromatic nitrogens is 1. The molecule has 0 radical (unpaired) electrons. The number of pyridine rings is 1. The fourth-order valence-electron chi connectivity index (χ4n) is 5.30. The first-order valence-corrected chi connectivity index (χ1v) is 13.7. The summed E-state index contributed by atoms with van der Waals surface area (Å²) in [5.41, 5.74) is 2.31. The highest BCUT2D eigenvalue weighted by Gasteiger charge is 2.23. The monoisotopic (exact) mass is 509 g/mol. The third-order valence-electron chi connectivity index (χ3n) is 7.61. The van der Waals surface area contributed by atoms with Gasteiger partial charge < -0.3 is 10.6 Å². The van der Waals surface area contributed by atoms with Crippen molar-refractivity contribution in [2.75, 3.05) is 39.3 Å². The van der Waals surface area contributed by atoms with Gasteiger partial charge in [-0.1, -0.05) is 12.1 Å². The lowest BCUT2D eigenvalue weighted by Gasteiger charge is -2.32. The van der Waals surface area contributed by atoms with Gasteiger partial charge in [-0.15, -0.1) is 0 Å². The fraction of sp³-hybridized carbons (Fsp3) is 0.552. The van der Waals surface area contributed by atoms with Gasteiger partial charge in [0.1, 0.15) is 5.82 Å². The van der Waals surface area contributed by atoms with Crippen LogP contribution >= 0.6 is 0 Å². The van der Waals surface area contributed by atoms with Crippen molar-refractivity contribution in [1.82, 2.24) is 25.4 Å². The number of carbonyl (C=O) groups excluding carboxylic acids is 2. The van der Waals surface area contributed by atoms with E-state index in [4.69, 9.17) is 0 Å². The summed E-state index contributed by atoms with van der Waals surface area (Å²) < 4.78 is 13.1. The van der Waals surface area contributed by atoms with Crippen molar-refractivity contribution >= 4 is 11.8 Å². The number of nitrogens with one attached hydrogen (secondary N) is 2.